The zero-order valence-corrected chi connectivity index (χ0v) is 10.3. The van der Waals surface area contributed by atoms with Crippen LogP contribution in [0.25, 0.3) is 22.6 Å². The lowest BCUT2D eigenvalue weighted by Crippen LogP contribution is -1.93. The third-order valence-corrected chi connectivity index (χ3v) is 2.87. The standard InChI is InChI=1S/C13H13N5O/c1-19-10-4-2-7(6-8(10)14)12-16-9-3-5-11(15)17-13(9)18-12/h2-6H,14H2,1H3,(H3,15,16,17,18). The summed E-state index contributed by atoms with van der Waals surface area (Å²) < 4.78 is 5.13. The van der Waals surface area contributed by atoms with Gasteiger partial charge >= 0.3 is 0 Å². The number of aromatic amines is 1. The van der Waals surface area contributed by atoms with Crippen LogP contribution in [0.15, 0.2) is 30.3 Å². The maximum Gasteiger partial charge on any atom is 0.180 e. The van der Waals surface area contributed by atoms with Crippen LogP contribution in [0.5, 0.6) is 5.75 Å². The van der Waals surface area contributed by atoms with E-state index in [4.69, 9.17) is 16.2 Å². The van der Waals surface area contributed by atoms with Crippen LogP contribution in [0.1, 0.15) is 0 Å². The third kappa shape index (κ3) is 1.93. The smallest absolute Gasteiger partial charge is 0.180 e. The minimum absolute atomic E-state index is 0.444. The average molecular weight is 255 g/mol. The number of nitrogens with one attached hydrogen (secondary N) is 1. The lowest BCUT2D eigenvalue weighted by Gasteiger charge is -2.05. The highest BCUT2D eigenvalue weighted by Crippen LogP contribution is 2.27. The van der Waals surface area contributed by atoms with E-state index in [1.165, 1.54) is 0 Å². The highest BCUT2D eigenvalue weighted by Gasteiger charge is 2.08. The molecule has 0 aliphatic heterocycles. The first-order valence-corrected chi connectivity index (χ1v) is 5.73. The Bertz CT molecular complexity index is 750. The molecule has 0 spiro atoms. The van der Waals surface area contributed by atoms with Crippen molar-refractivity contribution in [1.82, 2.24) is 15.0 Å². The number of ether oxygens (including phenoxy) is 1. The molecule has 3 rings (SSSR count). The fourth-order valence-corrected chi connectivity index (χ4v) is 1.93. The van der Waals surface area contributed by atoms with Crippen LogP contribution in [-0.2, 0) is 0 Å². The van der Waals surface area contributed by atoms with Crippen molar-refractivity contribution >= 4 is 22.7 Å². The van der Waals surface area contributed by atoms with Crippen molar-refractivity contribution in [3.05, 3.63) is 30.3 Å². The number of nitrogen functional groups attached to an aromatic ring is 2. The summed E-state index contributed by atoms with van der Waals surface area (Å²) in [5, 5.41) is 0. The van der Waals surface area contributed by atoms with Gasteiger partial charge in [0.2, 0.25) is 0 Å². The van der Waals surface area contributed by atoms with Crippen LogP contribution < -0.4 is 16.2 Å². The molecule has 3 aromatic rings. The number of nitrogens with zero attached hydrogens (tertiary/aromatic N) is 2. The molecule has 0 aliphatic carbocycles. The quantitative estimate of drug-likeness (QED) is 0.606. The first kappa shape index (κ1) is 11.3. The van der Waals surface area contributed by atoms with Gasteiger partial charge in [-0.2, -0.15) is 0 Å². The molecule has 0 atom stereocenters. The van der Waals surface area contributed by atoms with E-state index in [0.717, 1.165) is 11.1 Å². The van der Waals surface area contributed by atoms with Crippen molar-refractivity contribution in [2.45, 2.75) is 0 Å². The molecule has 0 aliphatic rings. The number of anilines is 2. The van der Waals surface area contributed by atoms with Crippen LogP contribution in [0.3, 0.4) is 0 Å². The molecule has 0 amide bonds. The molecule has 6 nitrogen and oxygen atoms in total. The van der Waals surface area contributed by atoms with E-state index in [0.29, 0.717) is 28.7 Å². The van der Waals surface area contributed by atoms with E-state index in [-0.39, 0.29) is 0 Å². The lowest BCUT2D eigenvalue weighted by molar-refractivity contribution is 0.417. The van der Waals surface area contributed by atoms with E-state index in [1.807, 2.05) is 12.1 Å². The Labute approximate surface area is 109 Å². The number of fused-ring (bicyclic) bond motifs is 1. The van der Waals surface area contributed by atoms with Crippen molar-refractivity contribution in [3.63, 3.8) is 0 Å². The van der Waals surface area contributed by atoms with Gasteiger partial charge in [-0.25, -0.2) is 9.97 Å². The van der Waals surface area contributed by atoms with Gasteiger partial charge in [-0.15, -0.1) is 0 Å². The number of rotatable bonds is 2. The van der Waals surface area contributed by atoms with Crippen molar-refractivity contribution in [3.8, 4) is 17.1 Å². The molecule has 1 aromatic carbocycles. The highest BCUT2D eigenvalue weighted by molar-refractivity contribution is 5.78. The number of imidazole rings is 1. The SMILES string of the molecule is COc1ccc(-c2nc3nc(N)ccc3[nH]2)cc1N. The molecule has 6 heteroatoms. The number of nitrogens with two attached hydrogens (primary N) is 2. The topological polar surface area (TPSA) is 103 Å². The Balaban J connectivity index is 2.11. The van der Waals surface area contributed by atoms with Gasteiger partial charge in [0.15, 0.2) is 5.65 Å². The second kappa shape index (κ2) is 4.16. The Hall–Kier alpha value is -2.76. The fourth-order valence-electron chi connectivity index (χ4n) is 1.93. The largest absolute Gasteiger partial charge is 0.495 e. The molecule has 5 N–H and O–H groups in total. The molecule has 0 saturated heterocycles. The Morgan fingerprint density at radius 1 is 1.11 bits per heavy atom. The van der Waals surface area contributed by atoms with Gasteiger partial charge in [-0.3, -0.25) is 0 Å². The van der Waals surface area contributed by atoms with Crippen LogP contribution in [0.4, 0.5) is 11.5 Å². The van der Waals surface area contributed by atoms with Gasteiger partial charge < -0.3 is 21.2 Å². The minimum Gasteiger partial charge on any atom is -0.495 e. The summed E-state index contributed by atoms with van der Waals surface area (Å²) in [6.45, 7) is 0. The molecule has 96 valence electrons. The number of methoxy groups -OCH3 is 1. The zero-order chi connectivity index (χ0) is 13.4. The predicted octanol–water partition coefficient (Wildman–Crippen LogP) is 1.80. The summed E-state index contributed by atoms with van der Waals surface area (Å²) >= 11 is 0. The first-order valence-electron chi connectivity index (χ1n) is 5.73. The second-order valence-corrected chi connectivity index (χ2v) is 4.15. The van der Waals surface area contributed by atoms with Crippen LogP contribution in [0, 0.1) is 0 Å². The lowest BCUT2D eigenvalue weighted by atomic mass is 10.2. The van der Waals surface area contributed by atoms with E-state index in [2.05, 4.69) is 15.0 Å². The summed E-state index contributed by atoms with van der Waals surface area (Å²) in [5.74, 6) is 1.78. The van der Waals surface area contributed by atoms with Crippen LogP contribution in [0.2, 0.25) is 0 Å². The zero-order valence-electron chi connectivity index (χ0n) is 10.3. The molecule has 0 fully saturated rings. The van der Waals surface area contributed by atoms with Crippen LogP contribution in [-0.4, -0.2) is 22.1 Å². The number of aromatic nitrogens is 3. The van der Waals surface area contributed by atoms with E-state index >= 15 is 0 Å². The summed E-state index contributed by atoms with van der Waals surface area (Å²) in [6, 6.07) is 9.07. The second-order valence-electron chi connectivity index (χ2n) is 4.15. The predicted molar refractivity (Wildman–Crippen MR) is 74.7 cm³/mol. The molecular weight excluding hydrogens is 242 g/mol. The van der Waals surface area contributed by atoms with Gasteiger partial charge in [0.05, 0.1) is 18.3 Å². The summed E-state index contributed by atoms with van der Waals surface area (Å²) in [5.41, 5.74) is 14.4. The molecular formula is C13H13N5O. The summed E-state index contributed by atoms with van der Waals surface area (Å²) in [7, 11) is 1.58. The fraction of sp³-hybridized carbons (Fsp3) is 0.0769. The monoisotopic (exact) mass is 255 g/mol. The molecule has 19 heavy (non-hydrogen) atoms. The van der Waals surface area contributed by atoms with Gasteiger partial charge in [-0.1, -0.05) is 0 Å². The Morgan fingerprint density at radius 2 is 1.95 bits per heavy atom. The van der Waals surface area contributed by atoms with Gasteiger partial charge in [0, 0.05) is 5.56 Å². The first-order chi connectivity index (χ1) is 9.17. The van der Waals surface area contributed by atoms with Gasteiger partial charge in [0.25, 0.3) is 0 Å². The number of benzene rings is 1. The molecule has 2 heterocycles. The van der Waals surface area contributed by atoms with Gasteiger partial charge in [-0.05, 0) is 30.3 Å². The minimum atomic E-state index is 0.444. The summed E-state index contributed by atoms with van der Waals surface area (Å²) in [4.78, 5) is 11.7. The number of pyridine rings is 1. The molecule has 0 saturated carbocycles. The summed E-state index contributed by atoms with van der Waals surface area (Å²) in [6.07, 6.45) is 0. The van der Waals surface area contributed by atoms with Crippen molar-refractivity contribution in [2.24, 2.45) is 0 Å². The Morgan fingerprint density at radius 3 is 2.68 bits per heavy atom. The number of hydrogen-bond donors (Lipinski definition) is 3. The van der Waals surface area contributed by atoms with Crippen LogP contribution >= 0.6 is 0 Å². The number of hydrogen-bond acceptors (Lipinski definition) is 5. The molecule has 0 bridgehead atoms. The maximum absolute atomic E-state index is 5.89. The van der Waals surface area contributed by atoms with Crippen molar-refractivity contribution in [1.29, 1.82) is 0 Å². The Kier molecular flexibility index (Phi) is 2.49. The normalized spacial score (nSPS) is 10.8. The maximum atomic E-state index is 5.89. The average Bonchev–Trinajstić information content (AvgIpc) is 2.81. The highest BCUT2D eigenvalue weighted by atomic mass is 16.5. The van der Waals surface area contributed by atoms with Gasteiger partial charge in [0.1, 0.15) is 17.4 Å². The number of H-pyrrole nitrogens is 1. The van der Waals surface area contributed by atoms with E-state index in [1.54, 1.807) is 25.3 Å². The van der Waals surface area contributed by atoms with E-state index < -0.39 is 0 Å². The molecule has 2 aromatic heterocycles. The van der Waals surface area contributed by atoms with Crippen molar-refractivity contribution < 1.29 is 4.74 Å². The van der Waals surface area contributed by atoms with Crippen molar-refractivity contribution in [2.75, 3.05) is 18.6 Å². The molecule has 0 unspecified atom stereocenters. The van der Waals surface area contributed by atoms with E-state index in [9.17, 15) is 0 Å². The third-order valence-electron chi connectivity index (χ3n) is 2.87. The molecule has 0 radical (unpaired) electrons.